The van der Waals surface area contributed by atoms with Crippen molar-refractivity contribution >= 4 is 12.0 Å². The Kier molecular flexibility index (Phi) is 7.88. The lowest BCUT2D eigenvalue weighted by Gasteiger charge is -1.85. The predicted octanol–water partition coefficient (Wildman–Crippen LogP) is 2.87. The lowest BCUT2D eigenvalue weighted by atomic mass is 10.2. The maximum absolute atomic E-state index is 9.68. The summed E-state index contributed by atoms with van der Waals surface area (Å²) >= 11 is 0. The van der Waals surface area contributed by atoms with E-state index in [4.69, 9.17) is 10.4 Å². The highest BCUT2D eigenvalue weighted by atomic mass is 16.4. The van der Waals surface area contributed by atoms with E-state index in [1.807, 2.05) is 36.4 Å². The zero-order chi connectivity index (χ0) is 12.2. The van der Waals surface area contributed by atoms with E-state index < -0.39 is 5.97 Å². The number of benzene rings is 1. The minimum Gasteiger partial charge on any atom is -0.478 e. The average Bonchev–Trinajstić information content (AvgIpc) is 2.31. The van der Waals surface area contributed by atoms with E-state index in [0.717, 1.165) is 6.08 Å². The number of nitrogens with zero attached hydrogens (tertiary/aromatic N) is 1. The van der Waals surface area contributed by atoms with Crippen molar-refractivity contribution in [2.45, 2.75) is 6.42 Å². The molecule has 0 amide bonds. The molecule has 0 bridgehead atoms. The molecule has 0 radical (unpaired) electrons. The van der Waals surface area contributed by atoms with Crippen LogP contribution < -0.4 is 0 Å². The highest BCUT2D eigenvalue weighted by Crippen LogP contribution is 1.97. The number of rotatable bonds is 3. The fraction of sp³-hybridized carbons (Fsp3) is 0.0769. The fourth-order valence-electron chi connectivity index (χ4n) is 0.802. The van der Waals surface area contributed by atoms with Gasteiger partial charge >= 0.3 is 5.97 Å². The van der Waals surface area contributed by atoms with Crippen molar-refractivity contribution in [3.63, 3.8) is 0 Å². The second kappa shape index (κ2) is 9.22. The quantitative estimate of drug-likeness (QED) is 0.788. The van der Waals surface area contributed by atoms with Gasteiger partial charge in [0.25, 0.3) is 0 Å². The SMILES string of the molecule is C=Cc1ccccc1.N#CCC=CC(=O)O. The van der Waals surface area contributed by atoms with Crippen LogP contribution in [0.2, 0.25) is 0 Å². The van der Waals surface area contributed by atoms with Gasteiger partial charge in [-0.1, -0.05) is 49.1 Å². The van der Waals surface area contributed by atoms with Crippen molar-refractivity contribution in [2.24, 2.45) is 0 Å². The molecular weight excluding hydrogens is 202 g/mol. The Balaban J connectivity index is 0.000000281. The normalized spacial score (nSPS) is 8.69. The van der Waals surface area contributed by atoms with Crippen molar-refractivity contribution in [1.29, 1.82) is 5.26 Å². The van der Waals surface area contributed by atoms with Crippen LogP contribution in [0.4, 0.5) is 0 Å². The molecule has 0 aliphatic rings. The first kappa shape index (κ1) is 13.7. The Hall–Kier alpha value is -2.34. The molecule has 1 aromatic carbocycles. The number of allylic oxidation sites excluding steroid dienone is 1. The molecule has 82 valence electrons. The standard InChI is InChI=1S/C8H8.C5H5NO2/c1-2-8-6-4-3-5-7-8;6-4-2-1-3-5(7)8/h2-7H,1H2;1,3H,2H2,(H,7,8). The van der Waals surface area contributed by atoms with Crippen molar-refractivity contribution in [1.82, 2.24) is 0 Å². The molecule has 3 nitrogen and oxygen atoms in total. The third kappa shape index (κ3) is 8.27. The minimum atomic E-state index is -1.01. The minimum absolute atomic E-state index is 0.159. The first-order chi connectivity index (χ1) is 7.70. The summed E-state index contributed by atoms with van der Waals surface area (Å²) in [5.41, 5.74) is 1.17. The van der Waals surface area contributed by atoms with Gasteiger partial charge in [0, 0.05) is 6.08 Å². The number of hydrogen-bond acceptors (Lipinski definition) is 2. The van der Waals surface area contributed by atoms with Crippen molar-refractivity contribution in [3.05, 3.63) is 54.6 Å². The summed E-state index contributed by atoms with van der Waals surface area (Å²) in [5, 5.41) is 15.8. The van der Waals surface area contributed by atoms with Gasteiger partial charge in [0.05, 0.1) is 12.5 Å². The fourth-order valence-corrected chi connectivity index (χ4v) is 0.802. The van der Waals surface area contributed by atoms with Gasteiger partial charge in [-0.05, 0) is 5.56 Å². The van der Waals surface area contributed by atoms with Crippen LogP contribution in [-0.2, 0) is 4.79 Å². The van der Waals surface area contributed by atoms with E-state index >= 15 is 0 Å². The molecule has 0 aliphatic carbocycles. The summed E-state index contributed by atoms with van der Waals surface area (Å²) in [7, 11) is 0. The molecule has 0 unspecified atom stereocenters. The molecular formula is C13H13NO2. The Labute approximate surface area is 95.0 Å². The van der Waals surface area contributed by atoms with Crippen LogP contribution in [-0.4, -0.2) is 11.1 Å². The summed E-state index contributed by atoms with van der Waals surface area (Å²) < 4.78 is 0. The molecule has 0 saturated carbocycles. The van der Waals surface area contributed by atoms with Gasteiger partial charge in [-0.25, -0.2) is 4.79 Å². The zero-order valence-corrected chi connectivity index (χ0v) is 8.84. The third-order valence-electron chi connectivity index (χ3n) is 1.50. The predicted molar refractivity (Wildman–Crippen MR) is 63.5 cm³/mol. The van der Waals surface area contributed by atoms with Gasteiger partial charge in [0.15, 0.2) is 0 Å². The van der Waals surface area contributed by atoms with E-state index in [2.05, 4.69) is 6.58 Å². The van der Waals surface area contributed by atoms with Gasteiger partial charge < -0.3 is 5.11 Å². The largest absolute Gasteiger partial charge is 0.478 e. The van der Waals surface area contributed by atoms with Crippen LogP contribution in [0.15, 0.2) is 49.1 Å². The van der Waals surface area contributed by atoms with Crippen LogP contribution in [0.25, 0.3) is 6.08 Å². The lowest BCUT2D eigenvalue weighted by Crippen LogP contribution is -1.84. The number of carboxylic acids is 1. The first-order valence-corrected chi connectivity index (χ1v) is 4.64. The highest BCUT2D eigenvalue weighted by molar-refractivity contribution is 5.79. The summed E-state index contributed by atoms with van der Waals surface area (Å²) in [5.74, 6) is -1.01. The molecule has 0 fully saturated rings. The topological polar surface area (TPSA) is 61.1 Å². The molecule has 0 saturated heterocycles. The number of carboxylic acid groups (broad SMARTS) is 1. The summed E-state index contributed by atoms with van der Waals surface area (Å²) in [6.45, 7) is 3.63. The monoisotopic (exact) mass is 215 g/mol. The number of hydrogen-bond donors (Lipinski definition) is 1. The van der Waals surface area contributed by atoms with Gasteiger partial charge in [-0.15, -0.1) is 0 Å². The van der Waals surface area contributed by atoms with Crippen LogP contribution in [0.3, 0.4) is 0 Å². The molecule has 1 rings (SSSR count). The van der Waals surface area contributed by atoms with Gasteiger partial charge in [-0.3, -0.25) is 0 Å². The second-order valence-electron chi connectivity index (χ2n) is 2.72. The Morgan fingerprint density at radius 1 is 1.44 bits per heavy atom. The first-order valence-electron chi connectivity index (χ1n) is 4.64. The number of carbonyl (C=O) groups is 1. The lowest BCUT2D eigenvalue weighted by molar-refractivity contribution is -0.131. The Morgan fingerprint density at radius 3 is 2.44 bits per heavy atom. The smallest absolute Gasteiger partial charge is 0.328 e. The summed E-state index contributed by atoms with van der Waals surface area (Å²) in [4.78, 5) is 9.68. The Morgan fingerprint density at radius 2 is 2.06 bits per heavy atom. The van der Waals surface area contributed by atoms with Gasteiger partial charge in [0.1, 0.15) is 0 Å². The molecule has 0 heterocycles. The molecule has 0 atom stereocenters. The molecule has 1 N–H and O–H groups in total. The summed E-state index contributed by atoms with van der Waals surface area (Å²) in [6.07, 6.45) is 4.23. The van der Waals surface area contributed by atoms with E-state index in [1.54, 1.807) is 6.07 Å². The molecule has 1 aromatic rings. The second-order valence-corrected chi connectivity index (χ2v) is 2.72. The van der Waals surface area contributed by atoms with Crippen LogP contribution in [0.5, 0.6) is 0 Å². The van der Waals surface area contributed by atoms with E-state index in [0.29, 0.717) is 0 Å². The van der Waals surface area contributed by atoms with E-state index in [-0.39, 0.29) is 6.42 Å². The van der Waals surface area contributed by atoms with Crippen LogP contribution in [0, 0.1) is 11.3 Å². The summed E-state index contributed by atoms with van der Waals surface area (Å²) in [6, 6.07) is 11.8. The van der Waals surface area contributed by atoms with Gasteiger partial charge in [0.2, 0.25) is 0 Å². The van der Waals surface area contributed by atoms with Crippen molar-refractivity contribution in [3.8, 4) is 6.07 Å². The average molecular weight is 215 g/mol. The zero-order valence-electron chi connectivity index (χ0n) is 8.84. The highest BCUT2D eigenvalue weighted by Gasteiger charge is 1.81. The number of aliphatic carboxylic acids is 1. The van der Waals surface area contributed by atoms with Gasteiger partial charge in [-0.2, -0.15) is 5.26 Å². The van der Waals surface area contributed by atoms with E-state index in [9.17, 15) is 4.79 Å². The number of nitriles is 1. The van der Waals surface area contributed by atoms with Crippen LogP contribution >= 0.6 is 0 Å². The third-order valence-corrected chi connectivity index (χ3v) is 1.50. The van der Waals surface area contributed by atoms with Crippen LogP contribution in [0.1, 0.15) is 12.0 Å². The molecule has 0 aromatic heterocycles. The Bertz CT molecular complexity index is 388. The van der Waals surface area contributed by atoms with Crippen molar-refractivity contribution < 1.29 is 9.90 Å². The molecule has 0 aliphatic heterocycles. The van der Waals surface area contributed by atoms with Crippen molar-refractivity contribution in [2.75, 3.05) is 0 Å². The molecule has 3 heteroatoms. The van der Waals surface area contributed by atoms with E-state index in [1.165, 1.54) is 11.6 Å². The molecule has 16 heavy (non-hydrogen) atoms. The maximum atomic E-state index is 9.68. The molecule has 0 spiro atoms. The maximum Gasteiger partial charge on any atom is 0.328 e.